The van der Waals surface area contributed by atoms with Gasteiger partial charge >= 0.3 is 5.97 Å². The summed E-state index contributed by atoms with van der Waals surface area (Å²) in [6, 6.07) is 10.4. The Balaban J connectivity index is 1.53. The van der Waals surface area contributed by atoms with E-state index in [0.717, 1.165) is 6.42 Å². The fourth-order valence-corrected chi connectivity index (χ4v) is 4.21. The highest BCUT2D eigenvalue weighted by atomic mass is 16.4. The minimum Gasteiger partial charge on any atom is -0.481 e. The van der Waals surface area contributed by atoms with Crippen molar-refractivity contribution in [1.82, 2.24) is 4.90 Å². The van der Waals surface area contributed by atoms with E-state index in [1.165, 1.54) is 11.3 Å². The monoisotopic (exact) mass is 368 g/mol. The fraction of sp³-hybridized carbons (Fsp3) is 0.429. The topological polar surface area (TPSA) is 74.0 Å². The number of furan rings is 1. The smallest absolute Gasteiger partial charge is 0.308 e. The number of rotatable bonds is 4. The highest BCUT2D eigenvalue weighted by molar-refractivity contribution is 5.95. The van der Waals surface area contributed by atoms with Crippen molar-refractivity contribution in [2.75, 3.05) is 18.0 Å². The van der Waals surface area contributed by atoms with Crippen LogP contribution in [0.4, 0.5) is 5.69 Å². The van der Waals surface area contributed by atoms with Gasteiger partial charge in [-0.3, -0.25) is 9.59 Å². The number of hydrogen-bond donors (Lipinski definition) is 1. The van der Waals surface area contributed by atoms with E-state index in [0.29, 0.717) is 43.3 Å². The molecule has 4 rings (SSSR count). The van der Waals surface area contributed by atoms with Gasteiger partial charge in [0.1, 0.15) is 5.76 Å². The number of carboxylic acid groups (broad SMARTS) is 1. The van der Waals surface area contributed by atoms with E-state index >= 15 is 0 Å². The maximum atomic E-state index is 13.0. The van der Waals surface area contributed by atoms with Crippen molar-refractivity contribution in [2.45, 2.75) is 38.8 Å². The Kier molecular flexibility index (Phi) is 4.64. The summed E-state index contributed by atoms with van der Waals surface area (Å²) in [5, 5.41) is 9.27. The summed E-state index contributed by atoms with van der Waals surface area (Å²) in [6.07, 6.45) is 3.87. The quantitative estimate of drug-likeness (QED) is 0.897. The van der Waals surface area contributed by atoms with E-state index in [-0.39, 0.29) is 12.5 Å². The van der Waals surface area contributed by atoms with Crippen LogP contribution in [0.15, 0.2) is 41.0 Å². The molecule has 1 N–H and O–H groups in total. The lowest BCUT2D eigenvalue weighted by Crippen LogP contribution is -2.42. The third kappa shape index (κ3) is 3.31. The Bertz CT molecular complexity index is 859. The molecule has 1 amide bonds. The molecule has 1 aromatic heterocycles. The Morgan fingerprint density at radius 3 is 2.89 bits per heavy atom. The SMILES string of the molecule is CC1Cc2ccccc2N1Cc1occc1C(=O)N1CCC[C@H](C(=O)O)C1. The van der Waals surface area contributed by atoms with Gasteiger partial charge in [0.2, 0.25) is 0 Å². The van der Waals surface area contributed by atoms with Crippen LogP contribution in [0, 0.1) is 5.92 Å². The number of fused-ring (bicyclic) bond motifs is 1. The molecule has 0 bridgehead atoms. The number of amides is 1. The average Bonchev–Trinajstić information content (AvgIpc) is 3.26. The molecule has 2 aromatic rings. The van der Waals surface area contributed by atoms with Crippen molar-refractivity contribution in [1.29, 1.82) is 0 Å². The normalized spacial score (nSPS) is 22.0. The van der Waals surface area contributed by atoms with Gasteiger partial charge < -0.3 is 19.3 Å². The van der Waals surface area contributed by atoms with Crippen molar-refractivity contribution in [2.24, 2.45) is 5.92 Å². The van der Waals surface area contributed by atoms with Gasteiger partial charge in [-0.15, -0.1) is 0 Å². The van der Waals surface area contributed by atoms with Crippen LogP contribution in [0.25, 0.3) is 0 Å². The van der Waals surface area contributed by atoms with Crippen molar-refractivity contribution in [3.8, 4) is 0 Å². The first-order chi connectivity index (χ1) is 13.0. The Labute approximate surface area is 158 Å². The number of para-hydroxylation sites is 1. The molecule has 0 saturated carbocycles. The number of piperidine rings is 1. The molecule has 2 aliphatic heterocycles. The van der Waals surface area contributed by atoms with E-state index < -0.39 is 11.9 Å². The van der Waals surface area contributed by atoms with Crippen LogP contribution in [-0.2, 0) is 17.8 Å². The molecular formula is C21H24N2O4. The lowest BCUT2D eigenvalue weighted by atomic mass is 9.97. The maximum absolute atomic E-state index is 13.0. The number of hydrogen-bond acceptors (Lipinski definition) is 4. The molecule has 0 radical (unpaired) electrons. The number of carbonyl (C=O) groups is 2. The van der Waals surface area contributed by atoms with Crippen molar-refractivity contribution in [3.63, 3.8) is 0 Å². The number of nitrogens with zero attached hydrogens (tertiary/aromatic N) is 2. The highest BCUT2D eigenvalue weighted by Crippen LogP contribution is 2.34. The molecule has 142 valence electrons. The van der Waals surface area contributed by atoms with Crippen molar-refractivity contribution >= 4 is 17.6 Å². The summed E-state index contributed by atoms with van der Waals surface area (Å²) in [5.74, 6) is -0.809. The molecule has 2 aliphatic rings. The van der Waals surface area contributed by atoms with Crippen LogP contribution >= 0.6 is 0 Å². The summed E-state index contributed by atoms with van der Waals surface area (Å²) >= 11 is 0. The molecular weight excluding hydrogens is 344 g/mol. The predicted molar refractivity (Wildman–Crippen MR) is 101 cm³/mol. The van der Waals surface area contributed by atoms with Crippen LogP contribution in [0.2, 0.25) is 0 Å². The van der Waals surface area contributed by atoms with Gasteiger partial charge in [0.15, 0.2) is 0 Å². The number of carboxylic acids is 1. The second kappa shape index (κ2) is 7.10. The van der Waals surface area contributed by atoms with E-state index in [1.807, 2.05) is 12.1 Å². The Morgan fingerprint density at radius 2 is 2.07 bits per heavy atom. The van der Waals surface area contributed by atoms with Crippen LogP contribution in [-0.4, -0.2) is 41.0 Å². The molecule has 0 spiro atoms. The minimum absolute atomic E-state index is 0.134. The Morgan fingerprint density at radius 1 is 1.26 bits per heavy atom. The minimum atomic E-state index is -0.831. The molecule has 2 atom stereocenters. The predicted octanol–water partition coefficient (Wildman–Crippen LogP) is 3.17. The standard InChI is InChI=1S/C21H24N2O4/c1-14-11-15-5-2-3-7-18(15)23(14)13-19-17(8-10-27-19)20(24)22-9-4-6-16(12-22)21(25)26/h2-3,5,7-8,10,14,16H,4,6,9,11-13H2,1H3,(H,25,26)/t14?,16-/m0/s1. The van der Waals surface area contributed by atoms with E-state index in [9.17, 15) is 14.7 Å². The van der Waals surface area contributed by atoms with Crippen LogP contribution < -0.4 is 4.90 Å². The van der Waals surface area contributed by atoms with Gasteiger partial charge in [0.25, 0.3) is 5.91 Å². The zero-order chi connectivity index (χ0) is 19.0. The first-order valence-electron chi connectivity index (χ1n) is 9.47. The van der Waals surface area contributed by atoms with Crippen LogP contribution in [0.5, 0.6) is 0 Å². The number of likely N-dealkylation sites (tertiary alicyclic amines) is 1. The number of benzene rings is 1. The summed E-state index contributed by atoms with van der Waals surface area (Å²) in [5.41, 5.74) is 3.03. The third-order valence-corrected chi connectivity index (χ3v) is 5.70. The second-order valence-electron chi connectivity index (χ2n) is 7.50. The summed E-state index contributed by atoms with van der Waals surface area (Å²) < 4.78 is 5.67. The van der Waals surface area contributed by atoms with E-state index in [4.69, 9.17) is 4.42 Å². The van der Waals surface area contributed by atoms with Crippen LogP contribution in [0.3, 0.4) is 0 Å². The summed E-state index contributed by atoms with van der Waals surface area (Å²) in [7, 11) is 0. The number of carbonyl (C=O) groups excluding carboxylic acids is 1. The molecule has 1 fully saturated rings. The third-order valence-electron chi connectivity index (χ3n) is 5.70. The maximum Gasteiger partial charge on any atom is 0.308 e. The highest BCUT2D eigenvalue weighted by Gasteiger charge is 2.32. The summed E-state index contributed by atoms with van der Waals surface area (Å²) in [6.45, 7) is 3.56. The van der Waals surface area contributed by atoms with E-state index in [2.05, 4.69) is 24.0 Å². The zero-order valence-corrected chi connectivity index (χ0v) is 15.4. The number of anilines is 1. The second-order valence-corrected chi connectivity index (χ2v) is 7.50. The fourth-order valence-electron chi connectivity index (χ4n) is 4.21. The Hall–Kier alpha value is -2.76. The van der Waals surface area contributed by atoms with Gasteiger partial charge in [-0.05, 0) is 43.9 Å². The lowest BCUT2D eigenvalue weighted by molar-refractivity contribution is -0.143. The molecule has 27 heavy (non-hydrogen) atoms. The first-order valence-corrected chi connectivity index (χ1v) is 9.47. The largest absolute Gasteiger partial charge is 0.481 e. The zero-order valence-electron chi connectivity index (χ0n) is 15.4. The van der Waals surface area contributed by atoms with Gasteiger partial charge in [-0.25, -0.2) is 0 Å². The number of aliphatic carboxylic acids is 1. The van der Waals surface area contributed by atoms with Crippen LogP contribution in [0.1, 0.15) is 41.4 Å². The van der Waals surface area contributed by atoms with E-state index in [1.54, 1.807) is 17.2 Å². The molecule has 6 nitrogen and oxygen atoms in total. The average molecular weight is 368 g/mol. The summed E-state index contributed by atoms with van der Waals surface area (Å²) in [4.78, 5) is 28.2. The molecule has 6 heteroatoms. The van der Waals surface area contributed by atoms with Crippen molar-refractivity contribution < 1.29 is 19.1 Å². The van der Waals surface area contributed by atoms with Gasteiger partial charge in [-0.2, -0.15) is 0 Å². The van der Waals surface area contributed by atoms with Gasteiger partial charge in [-0.1, -0.05) is 18.2 Å². The van der Waals surface area contributed by atoms with Gasteiger partial charge in [0, 0.05) is 24.8 Å². The molecule has 3 heterocycles. The lowest BCUT2D eigenvalue weighted by Gasteiger charge is -2.31. The molecule has 1 aromatic carbocycles. The molecule has 0 aliphatic carbocycles. The first kappa shape index (κ1) is 17.6. The van der Waals surface area contributed by atoms with Gasteiger partial charge in [0.05, 0.1) is 24.3 Å². The molecule has 1 saturated heterocycles. The molecule has 1 unspecified atom stereocenters. The van der Waals surface area contributed by atoms with Crippen molar-refractivity contribution in [3.05, 3.63) is 53.5 Å².